The highest BCUT2D eigenvalue weighted by Crippen LogP contribution is 2.42. The maximum atomic E-state index is 9.61. The third kappa shape index (κ3) is 2.26. The molecular weight excluding hydrogens is 236 g/mol. The van der Waals surface area contributed by atoms with Crippen molar-refractivity contribution in [2.24, 2.45) is 0 Å². The average molecular weight is 260 g/mol. The Morgan fingerprint density at radius 2 is 2.11 bits per heavy atom. The fraction of sp³-hybridized carbons (Fsp3) is 0.625. The zero-order chi connectivity index (χ0) is 13.4. The SMILES string of the molecule is CCN1CCC(N(C)C2CC2)c2cccc(CO)c21. The van der Waals surface area contributed by atoms with Crippen molar-refractivity contribution in [2.45, 2.75) is 44.9 Å². The Labute approximate surface area is 115 Å². The predicted octanol–water partition coefficient (Wildman–Crippen LogP) is 2.54. The zero-order valence-corrected chi connectivity index (χ0v) is 12.0. The van der Waals surface area contributed by atoms with Crippen LogP contribution < -0.4 is 4.90 Å². The van der Waals surface area contributed by atoms with E-state index < -0.39 is 0 Å². The molecule has 1 N–H and O–H groups in total. The molecule has 1 unspecified atom stereocenters. The summed E-state index contributed by atoms with van der Waals surface area (Å²) in [6.07, 6.45) is 3.89. The molecule has 1 saturated carbocycles. The van der Waals surface area contributed by atoms with Crippen molar-refractivity contribution in [1.29, 1.82) is 0 Å². The van der Waals surface area contributed by atoms with Gasteiger partial charge in [-0.2, -0.15) is 0 Å². The van der Waals surface area contributed by atoms with E-state index in [4.69, 9.17) is 0 Å². The Balaban J connectivity index is 2.00. The van der Waals surface area contributed by atoms with Gasteiger partial charge in [0.1, 0.15) is 0 Å². The predicted molar refractivity (Wildman–Crippen MR) is 78.4 cm³/mol. The summed E-state index contributed by atoms with van der Waals surface area (Å²) in [5.74, 6) is 0. The molecule has 1 fully saturated rings. The standard InChI is InChI=1S/C16H24N2O/c1-3-18-10-9-15(17(2)13-7-8-13)14-6-4-5-12(11-19)16(14)18/h4-6,13,15,19H,3,7-11H2,1-2H3. The highest BCUT2D eigenvalue weighted by atomic mass is 16.3. The topological polar surface area (TPSA) is 26.7 Å². The van der Waals surface area contributed by atoms with Crippen LogP contribution in [0.5, 0.6) is 0 Å². The van der Waals surface area contributed by atoms with Crippen LogP contribution in [0, 0.1) is 0 Å². The maximum absolute atomic E-state index is 9.61. The molecule has 0 amide bonds. The number of hydrogen-bond donors (Lipinski definition) is 1. The van der Waals surface area contributed by atoms with Gasteiger partial charge in [0, 0.05) is 36.4 Å². The number of aliphatic hydroxyl groups excluding tert-OH is 1. The van der Waals surface area contributed by atoms with Gasteiger partial charge in [-0.25, -0.2) is 0 Å². The Hall–Kier alpha value is -1.06. The van der Waals surface area contributed by atoms with E-state index in [9.17, 15) is 5.11 Å². The first-order valence-corrected chi connectivity index (χ1v) is 7.45. The van der Waals surface area contributed by atoms with Crippen molar-refractivity contribution >= 4 is 5.69 Å². The molecule has 1 atom stereocenters. The lowest BCUT2D eigenvalue weighted by atomic mass is 9.92. The molecule has 0 bridgehead atoms. The van der Waals surface area contributed by atoms with Gasteiger partial charge in [-0.05, 0) is 38.8 Å². The molecule has 0 spiro atoms. The van der Waals surface area contributed by atoms with Crippen LogP contribution >= 0.6 is 0 Å². The monoisotopic (exact) mass is 260 g/mol. The van der Waals surface area contributed by atoms with Crippen molar-refractivity contribution in [1.82, 2.24) is 4.90 Å². The van der Waals surface area contributed by atoms with Crippen LogP contribution in [-0.4, -0.2) is 36.2 Å². The van der Waals surface area contributed by atoms with Gasteiger partial charge in [0.25, 0.3) is 0 Å². The summed E-state index contributed by atoms with van der Waals surface area (Å²) >= 11 is 0. The molecule has 3 heteroatoms. The van der Waals surface area contributed by atoms with E-state index in [1.54, 1.807) is 0 Å². The Kier molecular flexibility index (Phi) is 3.50. The van der Waals surface area contributed by atoms with Crippen LogP contribution in [0.2, 0.25) is 0 Å². The number of hydrogen-bond acceptors (Lipinski definition) is 3. The summed E-state index contributed by atoms with van der Waals surface area (Å²) in [6.45, 7) is 4.45. The smallest absolute Gasteiger partial charge is 0.0702 e. The van der Waals surface area contributed by atoms with Crippen molar-refractivity contribution in [2.75, 3.05) is 25.0 Å². The van der Waals surface area contributed by atoms with Crippen LogP contribution in [0.3, 0.4) is 0 Å². The summed E-state index contributed by atoms with van der Waals surface area (Å²) in [5, 5.41) is 9.61. The Bertz CT molecular complexity index is 456. The molecule has 1 aromatic rings. The van der Waals surface area contributed by atoms with E-state index in [1.165, 1.54) is 30.5 Å². The zero-order valence-electron chi connectivity index (χ0n) is 12.0. The van der Waals surface area contributed by atoms with Gasteiger partial charge in [0.05, 0.1) is 6.61 Å². The summed E-state index contributed by atoms with van der Waals surface area (Å²) in [4.78, 5) is 4.96. The van der Waals surface area contributed by atoms with Gasteiger partial charge in [0.2, 0.25) is 0 Å². The molecule has 0 aromatic heterocycles. The molecule has 0 radical (unpaired) electrons. The van der Waals surface area contributed by atoms with Crippen LogP contribution in [0.15, 0.2) is 18.2 Å². The highest BCUT2D eigenvalue weighted by Gasteiger charge is 2.35. The number of rotatable bonds is 4. The molecule has 1 aromatic carbocycles. The van der Waals surface area contributed by atoms with Crippen LogP contribution in [0.4, 0.5) is 5.69 Å². The molecular formula is C16H24N2O. The molecule has 3 rings (SSSR count). The molecule has 1 heterocycles. The lowest BCUT2D eigenvalue weighted by Crippen LogP contribution is -2.38. The van der Waals surface area contributed by atoms with E-state index in [1.807, 2.05) is 0 Å². The molecule has 2 aliphatic rings. The second-order valence-corrected chi connectivity index (χ2v) is 5.79. The van der Waals surface area contributed by atoms with Crippen LogP contribution in [-0.2, 0) is 6.61 Å². The molecule has 0 saturated heterocycles. The van der Waals surface area contributed by atoms with Crippen molar-refractivity contribution in [3.05, 3.63) is 29.3 Å². The van der Waals surface area contributed by atoms with E-state index in [2.05, 4.69) is 42.0 Å². The minimum atomic E-state index is 0.138. The largest absolute Gasteiger partial charge is 0.392 e. The Morgan fingerprint density at radius 1 is 1.32 bits per heavy atom. The second-order valence-electron chi connectivity index (χ2n) is 5.79. The van der Waals surface area contributed by atoms with Crippen LogP contribution in [0.25, 0.3) is 0 Å². The van der Waals surface area contributed by atoms with E-state index in [0.29, 0.717) is 6.04 Å². The first-order chi connectivity index (χ1) is 9.26. The number of benzene rings is 1. The third-order valence-electron chi connectivity index (χ3n) is 4.66. The molecule has 1 aliphatic heterocycles. The second kappa shape index (κ2) is 5.14. The van der Waals surface area contributed by atoms with Crippen molar-refractivity contribution in [3.63, 3.8) is 0 Å². The maximum Gasteiger partial charge on any atom is 0.0702 e. The number of anilines is 1. The molecule has 1 aliphatic carbocycles. The number of aliphatic hydroxyl groups is 1. The van der Waals surface area contributed by atoms with E-state index in [0.717, 1.165) is 24.7 Å². The van der Waals surface area contributed by atoms with Crippen molar-refractivity contribution < 1.29 is 5.11 Å². The van der Waals surface area contributed by atoms with Gasteiger partial charge in [-0.15, -0.1) is 0 Å². The molecule has 104 valence electrons. The third-order valence-corrected chi connectivity index (χ3v) is 4.66. The molecule has 3 nitrogen and oxygen atoms in total. The summed E-state index contributed by atoms with van der Waals surface area (Å²) < 4.78 is 0. The number of fused-ring (bicyclic) bond motifs is 1. The van der Waals surface area contributed by atoms with Gasteiger partial charge < -0.3 is 10.0 Å². The minimum Gasteiger partial charge on any atom is -0.392 e. The first kappa shape index (κ1) is 12.9. The first-order valence-electron chi connectivity index (χ1n) is 7.45. The fourth-order valence-electron chi connectivity index (χ4n) is 3.41. The van der Waals surface area contributed by atoms with Gasteiger partial charge in [-0.3, -0.25) is 4.90 Å². The van der Waals surface area contributed by atoms with Crippen LogP contribution in [0.1, 0.15) is 43.4 Å². The summed E-state index contributed by atoms with van der Waals surface area (Å²) in [7, 11) is 2.26. The van der Waals surface area contributed by atoms with Gasteiger partial charge >= 0.3 is 0 Å². The lowest BCUT2D eigenvalue weighted by molar-refractivity contribution is 0.218. The molecule has 19 heavy (non-hydrogen) atoms. The van der Waals surface area contributed by atoms with Gasteiger partial charge in [0.15, 0.2) is 0 Å². The minimum absolute atomic E-state index is 0.138. The van der Waals surface area contributed by atoms with E-state index >= 15 is 0 Å². The Morgan fingerprint density at radius 3 is 2.74 bits per heavy atom. The lowest BCUT2D eigenvalue weighted by Gasteiger charge is -2.40. The highest BCUT2D eigenvalue weighted by molar-refractivity contribution is 5.62. The number of nitrogens with zero attached hydrogens (tertiary/aromatic N) is 2. The normalized spacial score (nSPS) is 22.7. The summed E-state index contributed by atoms with van der Waals surface area (Å²) in [6, 6.07) is 7.71. The van der Waals surface area contributed by atoms with Gasteiger partial charge in [-0.1, -0.05) is 18.2 Å². The van der Waals surface area contributed by atoms with E-state index in [-0.39, 0.29) is 6.61 Å². The quantitative estimate of drug-likeness (QED) is 0.901. The average Bonchev–Trinajstić information content (AvgIpc) is 3.29. The fourth-order valence-corrected chi connectivity index (χ4v) is 3.41. The van der Waals surface area contributed by atoms with Crippen molar-refractivity contribution in [3.8, 4) is 0 Å². The number of para-hydroxylation sites is 1. The summed E-state index contributed by atoms with van der Waals surface area (Å²) in [5.41, 5.74) is 3.78.